The summed E-state index contributed by atoms with van der Waals surface area (Å²) in [6.07, 6.45) is 5.83. The number of hydrogen-bond acceptors (Lipinski definition) is 3. The minimum Gasteiger partial charge on any atom is -0.396 e. The molecule has 3 rings (SSSR count). The van der Waals surface area contributed by atoms with Gasteiger partial charge in [-0.1, -0.05) is 0 Å². The maximum absolute atomic E-state index is 5.83. The summed E-state index contributed by atoms with van der Waals surface area (Å²) in [7, 11) is 0. The van der Waals surface area contributed by atoms with Crippen LogP contribution in [-0.2, 0) is 0 Å². The number of anilines is 2. The second kappa shape index (κ2) is 4.96. The van der Waals surface area contributed by atoms with Crippen LogP contribution in [0.1, 0.15) is 25.0 Å². The molecule has 0 unspecified atom stereocenters. The highest BCUT2D eigenvalue weighted by atomic mass is 15.3. The number of aromatic nitrogens is 2. The second-order valence-electron chi connectivity index (χ2n) is 5.18. The zero-order valence-corrected chi connectivity index (χ0v) is 11.3. The van der Waals surface area contributed by atoms with Crippen molar-refractivity contribution in [2.24, 2.45) is 0 Å². The number of rotatable bonds is 2. The second-order valence-corrected chi connectivity index (χ2v) is 5.18. The van der Waals surface area contributed by atoms with E-state index in [0.717, 1.165) is 17.1 Å². The summed E-state index contributed by atoms with van der Waals surface area (Å²) >= 11 is 0. The normalized spacial score (nSPS) is 15.7. The molecule has 0 atom stereocenters. The number of nitrogens with zero attached hydrogens (tertiary/aromatic N) is 3. The van der Waals surface area contributed by atoms with Gasteiger partial charge in [0.15, 0.2) is 0 Å². The van der Waals surface area contributed by atoms with Gasteiger partial charge >= 0.3 is 0 Å². The van der Waals surface area contributed by atoms with E-state index in [4.69, 9.17) is 5.73 Å². The van der Waals surface area contributed by atoms with Gasteiger partial charge in [0.1, 0.15) is 0 Å². The average Bonchev–Trinajstić information content (AvgIpc) is 2.80. The van der Waals surface area contributed by atoms with Gasteiger partial charge in [-0.3, -0.25) is 0 Å². The fraction of sp³-hybridized carbons (Fsp3) is 0.400. The van der Waals surface area contributed by atoms with Crippen molar-refractivity contribution in [3.8, 4) is 5.69 Å². The first-order valence-corrected chi connectivity index (χ1v) is 6.91. The molecule has 4 nitrogen and oxygen atoms in total. The van der Waals surface area contributed by atoms with E-state index in [1.807, 2.05) is 17.8 Å². The van der Waals surface area contributed by atoms with Gasteiger partial charge in [0.25, 0.3) is 0 Å². The van der Waals surface area contributed by atoms with Gasteiger partial charge in [-0.25, -0.2) is 4.68 Å². The summed E-state index contributed by atoms with van der Waals surface area (Å²) in [6.45, 7) is 4.27. The molecule has 2 heterocycles. The Hall–Kier alpha value is -1.97. The van der Waals surface area contributed by atoms with E-state index < -0.39 is 0 Å². The molecule has 19 heavy (non-hydrogen) atoms. The van der Waals surface area contributed by atoms with E-state index in [-0.39, 0.29) is 0 Å². The quantitative estimate of drug-likeness (QED) is 0.898. The minimum atomic E-state index is 0.736. The van der Waals surface area contributed by atoms with Gasteiger partial charge in [-0.2, -0.15) is 5.10 Å². The maximum Gasteiger partial charge on any atom is 0.0827 e. The zero-order chi connectivity index (χ0) is 13.2. The van der Waals surface area contributed by atoms with Crippen LogP contribution in [0.25, 0.3) is 5.69 Å². The third-order valence-corrected chi connectivity index (χ3v) is 3.77. The van der Waals surface area contributed by atoms with Crippen molar-refractivity contribution < 1.29 is 0 Å². The lowest BCUT2D eigenvalue weighted by Crippen LogP contribution is -2.29. The Morgan fingerprint density at radius 1 is 1.00 bits per heavy atom. The van der Waals surface area contributed by atoms with Crippen LogP contribution in [0.5, 0.6) is 0 Å². The summed E-state index contributed by atoms with van der Waals surface area (Å²) in [6, 6.07) is 8.56. The Morgan fingerprint density at radius 2 is 1.63 bits per heavy atom. The molecule has 1 aromatic heterocycles. The van der Waals surface area contributed by atoms with Crippen molar-refractivity contribution in [1.82, 2.24) is 9.78 Å². The van der Waals surface area contributed by atoms with Crippen LogP contribution in [-0.4, -0.2) is 22.9 Å². The molecule has 0 radical (unpaired) electrons. The van der Waals surface area contributed by atoms with E-state index in [1.54, 1.807) is 0 Å². The number of hydrogen-bond donors (Lipinski definition) is 1. The molecule has 2 aromatic rings. The highest BCUT2D eigenvalue weighted by Gasteiger charge is 2.11. The first-order valence-electron chi connectivity index (χ1n) is 6.91. The molecule has 1 aliphatic heterocycles. The third kappa shape index (κ3) is 2.43. The molecule has 0 saturated carbocycles. The maximum atomic E-state index is 5.83. The molecule has 0 amide bonds. The lowest BCUT2D eigenvalue weighted by molar-refractivity contribution is 0.578. The summed E-state index contributed by atoms with van der Waals surface area (Å²) < 4.78 is 1.84. The van der Waals surface area contributed by atoms with Gasteiger partial charge in [0, 0.05) is 18.8 Å². The van der Waals surface area contributed by atoms with E-state index in [0.29, 0.717) is 0 Å². The van der Waals surface area contributed by atoms with E-state index in [1.165, 1.54) is 38.0 Å². The first kappa shape index (κ1) is 12.1. The van der Waals surface area contributed by atoms with Crippen molar-refractivity contribution in [1.29, 1.82) is 0 Å². The smallest absolute Gasteiger partial charge is 0.0827 e. The van der Waals surface area contributed by atoms with Crippen LogP contribution < -0.4 is 10.6 Å². The number of benzene rings is 1. The minimum absolute atomic E-state index is 0.736. The number of aryl methyl sites for hydroxylation is 1. The van der Waals surface area contributed by atoms with Crippen LogP contribution in [0.2, 0.25) is 0 Å². The van der Waals surface area contributed by atoms with Crippen molar-refractivity contribution >= 4 is 11.4 Å². The summed E-state index contributed by atoms with van der Waals surface area (Å²) in [5.74, 6) is 0. The largest absolute Gasteiger partial charge is 0.396 e. The summed E-state index contributed by atoms with van der Waals surface area (Å²) in [4.78, 5) is 2.45. The first-order chi connectivity index (χ1) is 9.24. The van der Waals surface area contributed by atoms with Gasteiger partial charge in [-0.05, 0) is 50.5 Å². The molecular formula is C15H20N4. The molecule has 0 spiro atoms. The Kier molecular flexibility index (Phi) is 3.15. The Morgan fingerprint density at radius 3 is 2.21 bits per heavy atom. The van der Waals surface area contributed by atoms with Crippen molar-refractivity contribution in [3.05, 3.63) is 36.2 Å². The molecular weight excluding hydrogens is 236 g/mol. The highest BCUT2D eigenvalue weighted by Crippen LogP contribution is 2.22. The topological polar surface area (TPSA) is 47.1 Å². The number of piperidine rings is 1. The highest BCUT2D eigenvalue weighted by molar-refractivity contribution is 5.52. The van der Waals surface area contributed by atoms with Gasteiger partial charge < -0.3 is 10.6 Å². The van der Waals surface area contributed by atoms with E-state index in [2.05, 4.69) is 34.3 Å². The summed E-state index contributed by atoms with van der Waals surface area (Å²) in [5.41, 5.74) is 9.81. The van der Waals surface area contributed by atoms with Crippen LogP contribution >= 0.6 is 0 Å². The predicted octanol–water partition coefficient (Wildman–Crippen LogP) is 2.75. The molecule has 1 saturated heterocycles. The molecule has 1 fully saturated rings. The van der Waals surface area contributed by atoms with Crippen molar-refractivity contribution in [3.63, 3.8) is 0 Å². The van der Waals surface area contributed by atoms with E-state index >= 15 is 0 Å². The van der Waals surface area contributed by atoms with Crippen LogP contribution in [0.4, 0.5) is 11.4 Å². The molecule has 2 N–H and O–H groups in total. The third-order valence-electron chi connectivity index (χ3n) is 3.77. The molecule has 1 aliphatic rings. The standard InChI is InChI=1S/C15H20N4/c1-12-15(16)11-19(17-12)14-7-5-13(6-8-14)18-9-3-2-4-10-18/h5-8,11H,2-4,9-10,16H2,1H3. The Balaban J connectivity index is 1.82. The monoisotopic (exact) mass is 256 g/mol. The lowest BCUT2D eigenvalue weighted by atomic mass is 10.1. The molecule has 1 aromatic carbocycles. The molecule has 0 bridgehead atoms. The fourth-order valence-electron chi connectivity index (χ4n) is 2.57. The van der Waals surface area contributed by atoms with Gasteiger partial charge in [0.05, 0.1) is 23.3 Å². The van der Waals surface area contributed by atoms with Gasteiger partial charge in [0.2, 0.25) is 0 Å². The Bertz CT molecular complexity index is 531. The molecule has 100 valence electrons. The number of nitrogen functional groups attached to an aromatic ring is 1. The van der Waals surface area contributed by atoms with Gasteiger partial charge in [-0.15, -0.1) is 0 Å². The molecule has 0 aliphatic carbocycles. The van der Waals surface area contributed by atoms with Crippen molar-refractivity contribution in [2.75, 3.05) is 23.7 Å². The number of nitrogens with two attached hydrogens (primary N) is 1. The SMILES string of the molecule is Cc1nn(-c2ccc(N3CCCCC3)cc2)cc1N. The fourth-order valence-corrected chi connectivity index (χ4v) is 2.57. The average molecular weight is 256 g/mol. The molecule has 4 heteroatoms. The van der Waals surface area contributed by atoms with Crippen molar-refractivity contribution in [2.45, 2.75) is 26.2 Å². The van der Waals surface area contributed by atoms with Crippen LogP contribution in [0.15, 0.2) is 30.5 Å². The Labute approximate surface area is 113 Å². The van der Waals surface area contributed by atoms with Crippen LogP contribution in [0.3, 0.4) is 0 Å². The lowest BCUT2D eigenvalue weighted by Gasteiger charge is -2.28. The zero-order valence-electron chi connectivity index (χ0n) is 11.3. The van der Waals surface area contributed by atoms with E-state index in [9.17, 15) is 0 Å². The predicted molar refractivity (Wildman–Crippen MR) is 78.8 cm³/mol. The van der Waals surface area contributed by atoms with Crippen LogP contribution in [0, 0.1) is 6.92 Å². The summed E-state index contributed by atoms with van der Waals surface area (Å²) in [5, 5.41) is 4.40.